The summed E-state index contributed by atoms with van der Waals surface area (Å²) in [6.07, 6.45) is 22.9. The van der Waals surface area contributed by atoms with Gasteiger partial charge in [0.2, 0.25) is 0 Å². The number of hydrogen-bond acceptors (Lipinski definition) is 0. The predicted octanol–water partition coefficient (Wildman–Crippen LogP) is 6.10. The standard InChI is InChI=1S/C17H32/c1-4-10-16(11-5-1)14-8-3-9-15-17-12-6-2-7-13-17/h16-17H,1-15H2. The topological polar surface area (TPSA) is 0 Å². The van der Waals surface area contributed by atoms with Gasteiger partial charge in [-0.05, 0) is 11.8 Å². The lowest BCUT2D eigenvalue weighted by atomic mass is 9.84. The highest BCUT2D eigenvalue weighted by molar-refractivity contribution is 4.67. The van der Waals surface area contributed by atoms with Crippen LogP contribution in [0.3, 0.4) is 0 Å². The molecule has 2 saturated carbocycles. The zero-order valence-corrected chi connectivity index (χ0v) is 11.8. The highest BCUT2D eigenvalue weighted by atomic mass is 14.2. The second-order valence-corrected chi connectivity index (χ2v) is 6.65. The summed E-state index contributed by atoms with van der Waals surface area (Å²) >= 11 is 0. The van der Waals surface area contributed by atoms with E-state index < -0.39 is 0 Å². The predicted molar refractivity (Wildman–Crippen MR) is 76.2 cm³/mol. The van der Waals surface area contributed by atoms with Gasteiger partial charge in [-0.3, -0.25) is 0 Å². The zero-order chi connectivity index (χ0) is 11.8. The van der Waals surface area contributed by atoms with Crippen molar-refractivity contribution in [3.8, 4) is 0 Å². The first-order chi connectivity index (χ1) is 8.45. The third-order valence-corrected chi connectivity index (χ3v) is 5.17. The highest BCUT2D eigenvalue weighted by Crippen LogP contribution is 2.30. The van der Waals surface area contributed by atoms with Crippen LogP contribution >= 0.6 is 0 Å². The summed E-state index contributed by atoms with van der Waals surface area (Å²) in [4.78, 5) is 0. The Morgan fingerprint density at radius 1 is 0.471 bits per heavy atom. The van der Waals surface area contributed by atoms with E-state index in [1.807, 2.05) is 0 Å². The minimum atomic E-state index is 1.11. The second kappa shape index (κ2) is 8.16. The van der Waals surface area contributed by atoms with E-state index >= 15 is 0 Å². The molecule has 0 heteroatoms. The van der Waals surface area contributed by atoms with Gasteiger partial charge in [-0.2, -0.15) is 0 Å². The molecule has 2 aliphatic carbocycles. The van der Waals surface area contributed by atoms with Gasteiger partial charge < -0.3 is 0 Å². The van der Waals surface area contributed by atoms with Gasteiger partial charge in [-0.1, -0.05) is 96.3 Å². The van der Waals surface area contributed by atoms with Crippen LogP contribution in [0.1, 0.15) is 96.3 Å². The Morgan fingerprint density at radius 3 is 1.29 bits per heavy atom. The maximum absolute atomic E-state index is 1.55. The van der Waals surface area contributed by atoms with Crippen molar-refractivity contribution in [3.05, 3.63) is 0 Å². The van der Waals surface area contributed by atoms with Gasteiger partial charge in [0.05, 0.1) is 0 Å². The first-order valence-electron chi connectivity index (χ1n) is 8.45. The first kappa shape index (κ1) is 13.4. The molecule has 0 radical (unpaired) electrons. The minimum absolute atomic E-state index is 1.11. The van der Waals surface area contributed by atoms with Gasteiger partial charge in [-0.15, -0.1) is 0 Å². The molecule has 0 N–H and O–H groups in total. The van der Waals surface area contributed by atoms with Gasteiger partial charge in [0.15, 0.2) is 0 Å². The Kier molecular flexibility index (Phi) is 6.45. The molecule has 0 unspecified atom stereocenters. The van der Waals surface area contributed by atoms with Crippen molar-refractivity contribution in [3.63, 3.8) is 0 Å². The maximum atomic E-state index is 1.55. The van der Waals surface area contributed by atoms with E-state index in [9.17, 15) is 0 Å². The van der Waals surface area contributed by atoms with Crippen LogP contribution in [0.25, 0.3) is 0 Å². The minimum Gasteiger partial charge on any atom is -0.0533 e. The molecule has 0 aromatic heterocycles. The Labute approximate surface area is 109 Å². The second-order valence-electron chi connectivity index (χ2n) is 6.65. The fraction of sp³-hybridized carbons (Fsp3) is 1.00. The lowest BCUT2D eigenvalue weighted by Gasteiger charge is -2.22. The van der Waals surface area contributed by atoms with E-state index in [4.69, 9.17) is 0 Å². The third-order valence-electron chi connectivity index (χ3n) is 5.17. The molecule has 2 fully saturated rings. The molecule has 0 aromatic carbocycles. The lowest BCUT2D eigenvalue weighted by molar-refractivity contribution is 0.311. The first-order valence-corrected chi connectivity index (χ1v) is 8.45. The number of unbranched alkanes of at least 4 members (excludes halogenated alkanes) is 2. The van der Waals surface area contributed by atoms with Crippen molar-refractivity contribution in [2.75, 3.05) is 0 Å². The van der Waals surface area contributed by atoms with Gasteiger partial charge in [0.1, 0.15) is 0 Å². The average molecular weight is 236 g/mol. The van der Waals surface area contributed by atoms with Gasteiger partial charge >= 0.3 is 0 Å². The monoisotopic (exact) mass is 236 g/mol. The van der Waals surface area contributed by atoms with Crippen LogP contribution in [0.2, 0.25) is 0 Å². The summed E-state index contributed by atoms with van der Waals surface area (Å²) in [6, 6.07) is 0. The Hall–Kier alpha value is 0. The van der Waals surface area contributed by atoms with Crippen molar-refractivity contribution in [2.45, 2.75) is 96.3 Å². The van der Waals surface area contributed by atoms with E-state index in [1.54, 1.807) is 38.5 Å². The summed E-state index contributed by atoms with van der Waals surface area (Å²) in [5, 5.41) is 0. The number of hydrogen-bond donors (Lipinski definition) is 0. The van der Waals surface area contributed by atoms with Crippen LogP contribution in [-0.4, -0.2) is 0 Å². The molecule has 2 rings (SSSR count). The van der Waals surface area contributed by atoms with Crippen LogP contribution < -0.4 is 0 Å². The Balaban J connectivity index is 1.42. The molecule has 0 heterocycles. The summed E-state index contributed by atoms with van der Waals surface area (Å²) in [7, 11) is 0. The smallest absolute Gasteiger partial charge is 0.0414 e. The molecule has 0 saturated heterocycles. The Morgan fingerprint density at radius 2 is 0.882 bits per heavy atom. The van der Waals surface area contributed by atoms with E-state index in [0.29, 0.717) is 0 Å². The van der Waals surface area contributed by atoms with E-state index in [0.717, 1.165) is 11.8 Å². The van der Waals surface area contributed by atoms with Crippen molar-refractivity contribution in [2.24, 2.45) is 11.8 Å². The summed E-state index contributed by atoms with van der Waals surface area (Å²) in [6.45, 7) is 0. The van der Waals surface area contributed by atoms with Crippen molar-refractivity contribution >= 4 is 0 Å². The van der Waals surface area contributed by atoms with Crippen LogP contribution in [0.5, 0.6) is 0 Å². The third kappa shape index (κ3) is 5.44. The molecule has 0 bridgehead atoms. The van der Waals surface area contributed by atoms with E-state index in [-0.39, 0.29) is 0 Å². The zero-order valence-electron chi connectivity index (χ0n) is 11.8. The normalized spacial score (nSPS) is 24.0. The summed E-state index contributed by atoms with van der Waals surface area (Å²) < 4.78 is 0. The van der Waals surface area contributed by atoms with Crippen LogP contribution in [0.4, 0.5) is 0 Å². The maximum Gasteiger partial charge on any atom is -0.0414 e. The Bertz CT molecular complexity index is 152. The average Bonchev–Trinajstić information content (AvgIpc) is 2.41. The van der Waals surface area contributed by atoms with Crippen molar-refractivity contribution in [1.29, 1.82) is 0 Å². The summed E-state index contributed by atoms with van der Waals surface area (Å²) in [5.41, 5.74) is 0. The fourth-order valence-corrected chi connectivity index (χ4v) is 3.99. The van der Waals surface area contributed by atoms with Gasteiger partial charge in [0.25, 0.3) is 0 Å². The van der Waals surface area contributed by atoms with Crippen molar-refractivity contribution < 1.29 is 0 Å². The van der Waals surface area contributed by atoms with Crippen molar-refractivity contribution in [1.82, 2.24) is 0 Å². The molecule has 0 aromatic rings. The van der Waals surface area contributed by atoms with E-state index in [2.05, 4.69) is 0 Å². The van der Waals surface area contributed by atoms with Gasteiger partial charge in [0, 0.05) is 0 Å². The van der Waals surface area contributed by atoms with Crippen LogP contribution in [-0.2, 0) is 0 Å². The van der Waals surface area contributed by atoms with Crippen LogP contribution in [0.15, 0.2) is 0 Å². The fourth-order valence-electron chi connectivity index (χ4n) is 3.99. The molecular weight excluding hydrogens is 204 g/mol. The summed E-state index contributed by atoms with van der Waals surface area (Å²) in [5.74, 6) is 2.22. The number of rotatable bonds is 6. The molecule has 0 atom stereocenters. The molecule has 2 aliphatic rings. The molecule has 17 heavy (non-hydrogen) atoms. The molecule has 0 nitrogen and oxygen atoms in total. The SMILES string of the molecule is C1CCC(CCCCCC2CCCCC2)CC1. The molecule has 0 amide bonds. The quantitative estimate of drug-likeness (QED) is 0.489. The van der Waals surface area contributed by atoms with E-state index in [1.165, 1.54) is 57.8 Å². The lowest BCUT2D eigenvalue weighted by Crippen LogP contribution is -2.07. The highest BCUT2D eigenvalue weighted by Gasteiger charge is 2.14. The molecule has 100 valence electrons. The molecular formula is C17H32. The molecule has 0 aliphatic heterocycles. The molecule has 0 spiro atoms. The van der Waals surface area contributed by atoms with Gasteiger partial charge in [-0.25, -0.2) is 0 Å². The van der Waals surface area contributed by atoms with Crippen LogP contribution in [0, 0.1) is 11.8 Å². The largest absolute Gasteiger partial charge is 0.0533 e.